The first-order chi connectivity index (χ1) is 45.1. The number of hydrogen-bond acceptors (Lipinski definition) is 2. The maximum atomic E-state index is 5.94. The summed E-state index contributed by atoms with van der Waals surface area (Å²) in [4.78, 5) is 2.29. The van der Waals surface area contributed by atoms with E-state index >= 15 is 0 Å². The fraction of sp³-hybridized carbons (Fsp3) is 0. The Morgan fingerprint density at radius 1 is 0.196 bits per heavy atom. The Morgan fingerprint density at radius 3 is 0.500 bits per heavy atom. The molecular weight excluding hydrogens is 1320 g/mol. The molecule has 0 amide bonds. The van der Waals surface area contributed by atoms with Crippen LogP contribution in [-0.4, -0.2) is 0 Å². The summed E-state index contributed by atoms with van der Waals surface area (Å²) in [6.45, 7) is 0. The van der Waals surface area contributed by atoms with Crippen molar-refractivity contribution in [3.8, 4) is 0 Å². The van der Waals surface area contributed by atoms with E-state index in [4.69, 9.17) is 17.3 Å². The van der Waals surface area contributed by atoms with E-state index in [0.717, 1.165) is 4.90 Å². The third-order valence-electron chi connectivity index (χ3n) is 14.1. The van der Waals surface area contributed by atoms with Gasteiger partial charge < -0.3 is 5.73 Å². The quantitative estimate of drug-likeness (QED) is 0.0667. The first-order valence-electron chi connectivity index (χ1n) is 30.1. The summed E-state index contributed by atoms with van der Waals surface area (Å²) in [5, 5.41) is 17.4. The third-order valence-corrected chi connectivity index (χ3v) is 25.2. The minimum Gasteiger partial charge on any atom is -0.398 e. The van der Waals surface area contributed by atoms with Crippen LogP contribution in [0, 0.1) is 0 Å². The van der Waals surface area contributed by atoms with Gasteiger partial charge in [-0.1, -0.05) is 406 Å². The van der Waals surface area contributed by atoms with Crippen molar-refractivity contribution in [2.45, 2.75) is 9.79 Å². The number of hydrogen-bond donors (Lipinski definition) is 1. The van der Waals surface area contributed by atoms with Gasteiger partial charge in [0.05, 0.1) is 10.7 Å². The smallest absolute Gasteiger partial charge is 0.0646 e. The maximum Gasteiger partial charge on any atom is 0.0646 e. The molecule has 8 heteroatoms. The van der Waals surface area contributed by atoms with Gasteiger partial charge in [0.25, 0.3) is 0 Å². The maximum absolute atomic E-state index is 5.94. The van der Waals surface area contributed by atoms with Crippen molar-refractivity contribution in [1.82, 2.24) is 0 Å². The van der Waals surface area contributed by atoms with Gasteiger partial charge in [-0.3, -0.25) is 0 Å². The van der Waals surface area contributed by atoms with Gasteiger partial charge in [-0.25, -0.2) is 0 Å². The van der Waals surface area contributed by atoms with Crippen LogP contribution >= 0.6 is 55.0 Å². The Labute approximate surface area is 573 Å². The number of nitrogens with two attached hydrogens (primary N) is 1. The predicted molar refractivity (Wildman–Crippen MR) is 407 cm³/mol. The molecule has 0 saturated carbocycles. The molecule has 0 bridgehead atoms. The minimum absolute atomic E-state index is 0. The van der Waals surface area contributed by atoms with E-state index in [2.05, 4.69) is 376 Å². The second-order valence-electron chi connectivity index (χ2n) is 20.5. The molecule has 0 unspecified atom stereocenters. The predicted octanol–water partition coefficient (Wildman–Crippen LogP) is 17.9. The summed E-state index contributed by atoms with van der Waals surface area (Å²) in [6, 6.07) is 145. The Morgan fingerprint density at radius 2 is 0.348 bits per heavy atom. The molecule has 0 aliphatic carbocycles. The van der Waals surface area contributed by atoms with Gasteiger partial charge in [-0.2, -0.15) is 0 Å². The average Bonchev–Trinajstić information content (AvgIpc) is 1.28. The van der Waals surface area contributed by atoms with Gasteiger partial charge in [0.2, 0.25) is 0 Å². The van der Waals surface area contributed by atoms with Crippen LogP contribution in [0.3, 0.4) is 0 Å². The van der Waals surface area contributed by atoms with Crippen molar-refractivity contribution in [2.75, 3.05) is 5.73 Å². The first-order valence-corrected chi connectivity index (χ1v) is 36.7. The van der Waals surface area contributed by atoms with E-state index in [1.807, 2.05) is 36.4 Å². The summed E-state index contributed by atoms with van der Waals surface area (Å²) in [5.41, 5.74) is 6.26. The number of rotatable bonds is 14. The average molecular weight is 1390 g/mol. The zero-order valence-electron chi connectivity index (χ0n) is 50.7. The Kier molecular flexibility index (Phi) is 28.2. The fourth-order valence-corrected chi connectivity index (χ4v) is 20.3. The van der Waals surface area contributed by atoms with Crippen molar-refractivity contribution >= 4 is 124 Å². The molecule has 2 N–H and O–H groups in total. The van der Waals surface area contributed by atoms with Crippen LogP contribution in [-0.2, 0) is 20.4 Å². The summed E-state index contributed by atoms with van der Waals surface area (Å²) in [5.74, 6) is 0. The van der Waals surface area contributed by atoms with Gasteiger partial charge in [0, 0.05) is 30.2 Å². The molecule has 1 nitrogen and oxygen atoms in total. The Hall–Kier alpha value is -8.10. The molecule has 0 fully saturated rings. The SMILES string of the molecule is Nc1ccc(Sc2ccccc2)cc1Cl.[Pd].c1ccc(P(c2ccccc2)c2ccccc2)cc1.c1ccc(P(c2ccccc2)c2ccccc2)cc1.c1ccc(P(c2ccccc2)c2ccccc2)cc1.c1ccc(P(c2ccccc2)c2ccccc2)cc1. The molecule has 0 aromatic heterocycles. The molecule has 14 aromatic rings. The van der Waals surface area contributed by atoms with Crippen molar-refractivity contribution in [3.05, 3.63) is 418 Å². The molecule has 0 aliphatic rings. The summed E-state index contributed by atoms with van der Waals surface area (Å²) in [6.07, 6.45) is 0. The summed E-state index contributed by atoms with van der Waals surface area (Å²) < 4.78 is 0. The first kappa shape index (κ1) is 68.3. The summed E-state index contributed by atoms with van der Waals surface area (Å²) >= 11 is 7.61. The molecule has 14 rings (SSSR count). The van der Waals surface area contributed by atoms with Gasteiger partial charge in [-0.15, -0.1) is 0 Å². The van der Waals surface area contributed by atoms with Crippen molar-refractivity contribution < 1.29 is 20.4 Å². The fourth-order valence-electron chi connectivity index (χ4n) is 9.91. The van der Waals surface area contributed by atoms with Crippen LogP contribution < -0.4 is 69.4 Å². The molecule has 0 heterocycles. The molecule has 14 aromatic carbocycles. The number of anilines is 1. The number of benzene rings is 14. The zero-order valence-corrected chi connectivity index (χ0v) is 57.4. The molecule has 0 atom stereocenters. The monoisotopic (exact) mass is 1390 g/mol. The van der Waals surface area contributed by atoms with Crippen LogP contribution in [0.25, 0.3) is 0 Å². The van der Waals surface area contributed by atoms with Crippen molar-refractivity contribution in [3.63, 3.8) is 0 Å². The van der Waals surface area contributed by atoms with Gasteiger partial charge in [0.1, 0.15) is 0 Å². The van der Waals surface area contributed by atoms with Crippen molar-refractivity contribution in [1.29, 1.82) is 0 Å². The van der Waals surface area contributed by atoms with E-state index in [-0.39, 0.29) is 20.4 Å². The van der Waals surface area contributed by atoms with Crippen molar-refractivity contribution in [2.24, 2.45) is 0 Å². The number of nitrogen functional groups attached to an aromatic ring is 1. The van der Waals surface area contributed by atoms with E-state index in [1.54, 1.807) is 11.8 Å². The van der Waals surface area contributed by atoms with E-state index in [9.17, 15) is 0 Å². The standard InChI is InChI=1S/4C18H15P.C12H10ClNS.Pd/c4*1-4-10-16(11-5-1)19(17-12-6-2-7-13-17)18-14-8-3-9-15-18;13-11-8-10(6-7-12(11)14)15-9-4-2-1-3-5-9;/h4*1-15H;1-8H,14H2;. The minimum atomic E-state index is -0.446. The van der Waals surface area contributed by atoms with Gasteiger partial charge in [0.15, 0.2) is 0 Å². The second kappa shape index (κ2) is 38.0. The van der Waals surface area contributed by atoms with Crippen LogP contribution in [0.4, 0.5) is 5.69 Å². The largest absolute Gasteiger partial charge is 0.398 e. The Balaban J connectivity index is 0.000000136. The molecule has 454 valence electrons. The van der Waals surface area contributed by atoms with Gasteiger partial charge in [-0.05, 0) is 126 Å². The van der Waals surface area contributed by atoms with Crippen LogP contribution in [0.1, 0.15) is 0 Å². The van der Waals surface area contributed by atoms with E-state index in [1.165, 1.54) is 68.5 Å². The molecule has 0 aliphatic heterocycles. The van der Waals surface area contributed by atoms with E-state index in [0.29, 0.717) is 10.7 Å². The summed E-state index contributed by atoms with van der Waals surface area (Å²) in [7, 11) is -1.78. The normalized spacial score (nSPS) is 10.4. The van der Waals surface area contributed by atoms with Crippen LogP contribution in [0.5, 0.6) is 0 Å². The zero-order chi connectivity index (χ0) is 62.3. The molecule has 0 saturated heterocycles. The molecular formula is C84H70ClNP4PdS. The topological polar surface area (TPSA) is 26.0 Å². The van der Waals surface area contributed by atoms with E-state index < -0.39 is 31.7 Å². The molecule has 92 heavy (non-hydrogen) atoms. The molecule has 0 radical (unpaired) electrons. The van der Waals surface area contributed by atoms with Crippen LogP contribution in [0.15, 0.2) is 422 Å². The second-order valence-corrected chi connectivity index (χ2v) is 30.9. The van der Waals surface area contributed by atoms with Gasteiger partial charge >= 0.3 is 0 Å². The van der Waals surface area contributed by atoms with Crippen LogP contribution in [0.2, 0.25) is 5.02 Å². The number of halogens is 1. The Bertz CT molecular complexity index is 3400. The third kappa shape index (κ3) is 20.7. The molecule has 0 spiro atoms.